The third-order valence-corrected chi connectivity index (χ3v) is 4.15. The van der Waals surface area contributed by atoms with Crippen LogP contribution in [0, 0.1) is 5.92 Å². The van der Waals surface area contributed by atoms with Gasteiger partial charge in [0.05, 0.1) is 24.9 Å². The maximum atomic E-state index is 12.6. The summed E-state index contributed by atoms with van der Waals surface area (Å²) in [7, 11) is 1.62. The Balaban J connectivity index is 2.29. The Morgan fingerprint density at radius 3 is 2.52 bits per heavy atom. The summed E-state index contributed by atoms with van der Waals surface area (Å²) in [5, 5.41) is 3.46. The van der Waals surface area contributed by atoms with Crippen LogP contribution < -0.4 is 10.1 Å². The smallest absolute Gasteiger partial charge is 0.417 e. The van der Waals surface area contributed by atoms with Gasteiger partial charge in [-0.05, 0) is 45.2 Å². The molecule has 2 atom stereocenters. The Bertz CT molecular complexity index is 706. The van der Waals surface area contributed by atoms with Crippen molar-refractivity contribution >= 4 is 17.7 Å². The Morgan fingerprint density at radius 2 is 1.93 bits per heavy atom. The average molecular weight is 374 g/mol. The van der Waals surface area contributed by atoms with Crippen LogP contribution in [0.25, 0.3) is 0 Å². The average Bonchev–Trinajstić information content (AvgIpc) is 2.94. The van der Waals surface area contributed by atoms with Gasteiger partial charge in [-0.1, -0.05) is 32.1 Å². The molecule has 1 aliphatic rings. The van der Waals surface area contributed by atoms with Gasteiger partial charge in [-0.2, -0.15) is 0 Å². The summed E-state index contributed by atoms with van der Waals surface area (Å²) < 4.78 is 10.9. The molecule has 0 aromatic heterocycles. The first kappa shape index (κ1) is 20.8. The zero-order chi connectivity index (χ0) is 20.2. The van der Waals surface area contributed by atoms with Crippen molar-refractivity contribution in [3.8, 4) is 5.75 Å². The van der Waals surface area contributed by atoms with Crippen LogP contribution in [0.15, 0.2) is 36.4 Å². The first-order valence-electron chi connectivity index (χ1n) is 9.26. The van der Waals surface area contributed by atoms with Crippen molar-refractivity contribution in [1.82, 2.24) is 4.90 Å². The molecule has 0 bridgehead atoms. The molecule has 27 heavy (non-hydrogen) atoms. The van der Waals surface area contributed by atoms with E-state index in [1.165, 1.54) is 11.0 Å². The molecule has 0 unspecified atom stereocenters. The lowest BCUT2D eigenvalue weighted by Crippen LogP contribution is -2.50. The van der Waals surface area contributed by atoms with Crippen LogP contribution in [-0.4, -0.2) is 41.7 Å². The van der Waals surface area contributed by atoms with Gasteiger partial charge in [0.1, 0.15) is 11.4 Å². The zero-order valence-electron chi connectivity index (χ0n) is 17.0. The van der Waals surface area contributed by atoms with E-state index in [0.29, 0.717) is 11.7 Å². The number of hydrogen-bond acceptors (Lipinski definition) is 5. The van der Waals surface area contributed by atoms with Crippen molar-refractivity contribution in [2.24, 2.45) is 5.92 Å². The number of ether oxygens (including phenoxy) is 2. The highest BCUT2D eigenvalue weighted by atomic mass is 16.6. The van der Waals surface area contributed by atoms with E-state index in [1.807, 2.05) is 24.3 Å². The maximum absolute atomic E-state index is 12.6. The van der Waals surface area contributed by atoms with Crippen molar-refractivity contribution in [3.63, 3.8) is 0 Å². The van der Waals surface area contributed by atoms with E-state index in [-0.39, 0.29) is 11.9 Å². The second-order valence-corrected chi connectivity index (χ2v) is 8.12. The molecule has 2 rings (SSSR count). The van der Waals surface area contributed by atoms with Gasteiger partial charge in [0, 0.05) is 6.08 Å². The van der Waals surface area contributed by atoms with E-state index < -0.39 is 17.7 Å². The van der Waals surface area contributed by atoms with Crippen molar-refractivity contribution < 1.29 is 19.1 Å². The quantitative estimate of drug-likeness (QED) is 0.807. The summed E-state index contributed by atoms with van der Waals surface area (Å²) in [5.41, 5.74) is 0.149. The molecule has 1 aromatic rings. The second-order valence-electron chi connectivity index (χ2n) is 8.12. The van der Waals surface area contributed by atoms with Crippen LogP contribution >= 0.6 is 0 Å². The molecule has 1 heterocycles. The molecule has 1 N–H and O–H groups in total. The summed E-state index contributed by atoms with van der Waals surface area (Å²) in [6.45, 7) is 9.57. The number of methoxy groups -OCH3 is 1. The molecule has 1 aliphatic heterocycles. The van der Waals surface area contributed by atoms with Gasteiger partial charge in [-0.15, -0.1) is 0 Å². The molecule has 0 saturated heterocycles. The van der Waals surface area contributed by atoms with E-state index in [1.54, 1.807) is 34.0 Å². The number of para-hydroxylation sites is 2. The van der Waals surface area contributed by atoms with E-state index in [4.69, 9.17) is 9.47 Å². The number of nitrogens with one attached hydrogen (secondary N) is 1. The number of carbonyl (C=O) groups excluding carboxylic acids is 2. The Kier molecular flexibility index (Phi) is 6.52. The van der Waals surface area contributed by atoms with Gasteiger partial charge in [0.15, 0.2) is 0 Å². The lowest BCUT2D eigenvalue weighted by Gasteiger charge is -2.33. The molecular formula is C21H30N2O4. The SMILES string of the molecule is COc1ccccc1N[C@H](CC(C)C)[C@@H]1C=CC(=O)N1C(=O)OC(C)(C)C. The largest absolute Gasteiger partial charge is 0.495 e. The predicted molar refractivity (Wildman–Crippen MR) is 106 cm³/mol. The maximum Gasteiger partial charge on any atom is 0.417 e. The van der Waals surface area contributed by atoms with E-state index in [2.05, 4.69) is 19.2 Å². The topological polar surface area (TPSA) is 67.9 Å². The van der Waals surface area contributed by atoms with E-state index in [0.717, 1.165) is 12.1 Å². The fourth-order valence-electron chi connectivity index (χ4n) is 3.09. The summed E-state index contributed by atoms with van der Waals surface area (Å²) >= 11 is 0. The first-order valence-corrected chi connectivity index (χ1v) is 9.26. The second kappa shape index (κ2) is 8.46. The molecule has 6 nitrogen and oxygen atoms in total. The van der Waals surface area contributed by atoms with Gasteiger partial charge < -0.3 is 14.8 Å². The van der Waals surface area contributed by atoms with Gasteiger partial charge in [0.2, 0.25) is 0 Å². The van der Waals surface area contributed by atoms with Gasteiger partial charge >= 0.3 is 6.09 Å². The van der Waals surface area contributed by atoms with Gasteiger partial charge in [-0.3, -0.25) is 4.79 Å². The van der Waals surface area contributed by atoms with Crippen LogP contribution in [0.2, 0.25) is 0 Å². The van der Waals surface area contributed by atoms with Crippen LogP contribution in [0.3, 0.4) is 0 Å². The number of benzene rings is 1. The van der Waals surface area contributed by atoms with Crippen molar-refractivity contribution in [2.45, 2.75) is 58.7 Å². The lowest BCUT2D eigenvalue weighted by molar-refractivity contribution is -0.125. The fraction of sp³-hybridized carbons (Fsp3) is 0.524. The lowest BCUT2D eigenvalue weighted by atomic mass is 9.96. The van der Waals surface area contributed by atoms with E-state index in [9.17, 15) is 9.59 Å². The van der Waals surface area contributed by atoms with Crippen LogP contribution in [0.5, 0.6) is 5.75 Å². The van der Waals surface area contributed by atoms with Gasteiger partial charge in [-0.25, -0.2) is 9.69 Å². The number of amides is 2. The van der Waals surface area contributed by atoms with E-state index >= 15 is 0 Å². The molecule has 0 aliphatic carbocycles. The fourth-order valence-corrected chi connectivity index (χ4v) is 3.09. The number of carbonyl (C=O) groups is 2. The third kappa shape index (κ3) is 5.49. The summed E-state index contributed by atoms with van der Waals surface area (Å²) in [4.78, 5) is 26.2. The number of anilines is 1. The first-order chi connectivity index (χ1) is 12.6. The van der Waals surface area contributed by atoms with Crippen LogP contribution in [-0.2, 0) is 9.53 Å². The Labute approximate surface area is 161 Å². The zero-order valence-corrected chi connectivity index (χ0v) is 17.0. The molecule has 1 aromatic carbocycles. The summed E-state index contributed by atoms with van der Waals surface area (Å²) in [6.07, 6.45) is 3.34. The molecular weight excluding hydrogens is 344 g/mol. The van der Waals surface area contributed by atoms with Crippen LogP contribution in [0.1, 0.15) is 41.0 Å². The summed E-state index contributed by atoms with van der Waals surface area (Å²) in [5.74, 6) is 0.718. The molecule has 148 valence electrons. The Hall–Kier alpha value is -2.50. The molecule has 0 saturated carbocycles. The molecule has 6 heteroatoms. The van der Waals surface area contributed by atoms with Crippen molar-refractivity contribution in [1.29, 1.82) is 0 Å². The molecule has 0 radical (unpaired) electrons. The molecule has 0 spiro atoms. The van der Waals surface area contributed by atoms with Crippen molar-refractivity contribution in [3.05, 3.63) is 36.4 Å². The number of imide groups is 1. The minimum Gasteiger partial charge on any atom is -0.495 e. The normalized spacial score (nSPS) is 18.0. The number of hydrogen-bond donors (Lipinski definition) is 1. The highest BCUT2D eigenvalue weighted by molar-refractivity contribution is 6.01. The van der Waals surface area contributed by atoms with Gasteiger partial charge in [0.25, 0.3) is 5.91 Å². The summed E-state index contributed by atoms with van der Waals surface area (Å²) in [6, 6.07) is 7.00. The standard InChI is InChI=1S/C21H30N2O4/c1-14(2)13-16(22-15-9-7-8-10-18(15)26-6)17-11-12-19(24)23(17)20(25)27-21(3,4)5/h7-12,14,16-17,22H,13H2,1-6H3/t16-,17+/m1/s1. The molecule has 0 fully saturated rings. The number of rotatable bonds is 6. The number of nitrogens with zero attached hydrogens (tertiary/aromatic N) is 1. The monoisotopic (exact) mass is 374 g/mol. The van der Waals surface area contributed by atoms with Crippen molar-refractivity contribution in [2.75, 3.05) is 12.4 Å². The highest BCUT2D eigenvalue weighted by Crippen LogP contribution is 2.29. The van der Waals surface area contributed by atoms with Crippen LogP contribution in [0.4, 0.5) is 10.5 Å². The highest BCUT2D eigenvalue weighted by Gasteiger charge is 2.39. The third-order valence-electron chi connectivity index (χ3n) is 4.15. The molecule has 2 amide bonds. The minimum atomic E-state index is -0.672. The minimum absolute atomic E-state index is 0.170. The predicted octanol–water partition coefficient (Wildman–Crippen LogP) is 4.22. The Morgan fingerprint density at radius 1 is 1.26 bits per heavy atom.